The van der Waals surface area contributed by atoms with Gasteiger partial charge in [-0.05, 0) is 17.7 Å². The fourth-order valence-electron chi connectivity index (χ4n) is 6.19. The third kappa shape index (κ3) is 7.07. The maximum absolute atomic E-state index is 13.0. The number of fused-ring (bicyclic) bond motifs is 1. The minimum atomic E-state index is -1.79. The second-order valence-corrected chi connectivity index (χ2v) is 12.0. The number of benzene rings is 1. The SMILES string of the molecule is C[C@H]1C(=O)C[C@@H]2C(C(=O)OCCc3ccc(O)cc3)=CO[C@@H](O[C@@H]3O[C@H](CO[C@H]4O[C@H](CO)[C@H](O)[C@H](O)[C@H]4O)[C@@H](O)[C@H](O)[C@H]3O)[C@@H]21. The first-order valence-electron chi connectivity index (χ1n) is 15.0. The number of ketones is 1. The van der Waals surface area contributed by atoms with Crippen molar-refractivity contribution in [3.8, 4) is 5.75 Å². The molecule has 1 aromatic carbocycles. The molecule has 16 heteroatoms. The molecule has 1 aromatic rings. The van der Waals surface area contributed by atoms with E-state index in [-0.39, 0.29) is 30.1 Å². The van der Waals surface area contributed by atoms with Gasteiger partial charge in [-0.1, -0.05) is 19.1 Å². The molecule has 3 heterocycles. The molecule has 1 aliphatic carbocycles. The molecule has 0 bridgehead atoms. The van der Waals surface area contributed by atoms with Crippen molar-refractivity contribution >= 4 is 11.8 Å². The van der Waals surface area contributed by atoms with E-state index in [1.807, 2.05) is 0 Å². The molecule has 0 aromatic heterocycles. The molecule has 14 atom stereocenters. The summed E-state index contributed by atoms with van der Waals surface area (Å²) in [6.45, 7) is 0.447. The Balaban J connectivity index is 1.23. The number of hydrogen-bond acceptors (Lipinski definition) is 16. The number of hydrogen-bond donors (Lipinski definition) is 8. The Hall–Kier alpha value is -2.74. The highest BCUT2D eigenvalue weighted by Gasteiger charge is 2.54. The fourth-order valence-corrected chi connectivity index (χ4v) is 6.19. The van der Waals surface area contributed by atoms with Crippen molar-refractivity contribution in [2.45, 2.75) is 87.5 Å². The Morgan fingerprint density at radius 1 is 0.870 bits per heavy atom. The normalized spacial score (nSPS) is 41.0. The van der Waals surface area contributed by atoms with Gasteiger partial charge in [0.25, 0.3) is 0 Å². The van der Waals surface area contributed by atoms with Gasteiger partial charge in [-0.25, -0.2) is 4.79 Å². The lowest BCUT2D eigenvalue weighted by Gasteiger charge is -2.44. The van der Waals surface area contributed by atoms with Crippen molar-refractivity contribution in [3.63, 3.8) is 0 Å². The quantitative estimate of drug-likeness (QED) is 0.118. The number of ether oxygens (including phenoxy) is 6. The molecule has 46 heavy (non-hydrogen) atoms. The molecule has 3 aliphatic heterocycles. The lowest BCUT2D eigenvalue weighted by atomic mass is 9.83. The molecule has 8 N–H and O–H groups in total. The number of rotatable bonds is 10. The summed E-state index contributed by atoms with van der Waals surface area (Å²) in [7, 11) is 0. The van der Waals surface area contributed by atoms with E-state index in [9.17, 15) is 50.4 Å². The van der Waals surface area contributed by atoms with E-state index in [0.29, 0.717) is 6.42 Å². The van der Waals surface area contributed by atoms with Crippen molar-refractivity contribution in [1.82, 2.24) is 0 Å². The van der Waals surface area contributed by atoms with Gasteiger partial charge >= 0.3 is 5.97 Å². The van der Waals surface area contributed by atoms with Crippen molar-refractivity contribution in [3.05, 3.63) is 41.7 Å². The van der Waals surface area contributed by atoms with Crippen LogP contribution in [0.3, 0.4) is 0 Å². The number of aliphatic hydroxyl groups excluding tert-OH is 7. The molecule has 0 spiro atoms. The van der Waals surface area contributed by atoms with E-state index in [1.54, 1.807) is 19.1 Å². The first-order chi connectivity index (χ1) is 21.9. The number of carbonyl (C=O) groups is 2. The first-order valence-corrected chi connectivity index (χ1v) is 15.0. The zero-order valence-electron chi connectivity index (χ0n) is 24.8. The van der Waals surface area contributed by atoms with E-state index in [2.05, 4.69) is 0 Å². The van der Waals surface area contributed by atoms with Gasteiger partial charge in [0.1, 0.15) is 60.4 Å². The highest BCUT2D eigenvalue weighted by atomic mass is 16.8. The van der Waals surface area contributed by atoms with Gasteiger partial charge in [0.15, 0.2) is 12.6 Å². The highest BCUT2D eigenvalue weighted by molar-refractivity contribution is 5.93. The maximum Gasteiger partial charge on any atom is 0.337 e. The van der Waals surface area contributed by atoms with Gasteiger partial charge in [-0.2, -0.15) is 0 Å². The average molecular weight is 657 g/mol. The summed E-state index contributed by atoms with van der Waals surface area (Å²) < 4.78 is 33.5. The molecule has 16 nitrogen and oxygen atoms in total. The van der Waals surface area contributed by atoms with Crippen LogP contribution in [-0.4, -0.2) is 140 Å². The van der Waals surface area contributed by atoms with E-state index < -0.39 is 105 Å². The summed E-state index contributed by atoms with van der Waals surface area (Å²) in [5, 5.41) is 80.8. The van der Waals surface area contributed by atoms with Crippen LogP contribution in [0, 0.1) is 17.8 Å². The zero-order chi connectivity index (χ0) is 33.3. The number of phenols is 1. The van der Waals surface area contributed by atoms with Crippen molar-refractivity contribution in [2.75, 3.05) is 19.8 Å². The molecule has 0 amide bonds. The topological polar surface area (TPSA) is 251 Å². The summed E-state index contributed by atoms with van der Waals surface area (Å²) >= 11 is 0. The van der Waals surface area contributed by atoms with E-state index in [1.165, 1.54) is 12.1 Å². The predicted octanol–water partition coefficient (Wildman–Crippen LogP) is -2.80. The Morgan fingerprint density at radius 2 is 1.50 bits per heavy atom. The summed E-state index contributed by atoms with van der Waals surface area (Å²) in [6.07, 6.45) is -15.8. The lowest BCUT2D eigenvalue weighted by molar-refractivity contribution is -0.354. The van der Waals surface area contributed by atoms with Gasteiger partial charge in [-0.15, -0.1) is 0 Å². The predicted molar refractivity (Wildman–Crippen MR) is 149 cm³/mol. The van der Waals surface area contributed by atoms with E-state index in [4.69, 9.17) is 28.4 Å². The van der Waals surface area contributed by atoms with Crippen LogP contribution in [0.5, 0.6) is 5.75 Å². The summed E-state index contributed by atoms with van der Waals surface area (Å²) in [5.41, 5.74) is 0.977. The van der Waals surface area contributed by atoms with Crippen LogP contribution in [0.25, 0.3) is 0 Å². The van der Waals surface area contributed by atoms with E-state index in [0.717, 1.165) is 11.8 Å². The molecule has 1 saturated carbocycles. The molecule has 2 saturated heterocycles. The van der Waals surface area contributed by atoms with Crippen LogP contribution in [-0.2, 0) is 44.4 Å². The van der Waals surface area contributed by atoms with Crippen molar-refractivity contribution in [1.29, 1.82) is 0 Å². The zero-order valence-corrected chi connectivity index (χ0v) is 24.8. The van der Waals surface area contributed by atoms with Crippen LogP contribution in [0.2, 0.25) is 0 Å². The first kappa shape index (κ1) is 34.6. The third-order valence-electron chi connectivity index (χ3n) is 9.02. The monoisotopic (exact) mass is 656 g/mol. The minimum absolute atomic E-state index is 0.0128. The Morgan fingerprint density at radius 3 is 2.17 bits per heavy atom. The molecule has 5 rings (SSSR count). The molecule has 3 fully saturated rings. The summed E-state index contributed by atoms with van der Waals surface area (Å²) in [4.78, 5) is 25.8. The van der Waals surface area contributed by atoms with Crippen molar-refractivity contribution in [2.24, 2.45) is 17.8 Å². The number of esters is 1. The molecule has 256 valence electrons. The lowest BCUT2D eigenvalue weighted by Crippen LogP contribution is -2.62. The van der Waals surface area contributed by atoms with Crippen LogP contribution < -0.4 is 0 Å². The van der Waals surface area contributed by atoms with Crippen LogP contribution in [0.1, 0.15) is 18.9 Å². The van der Waals surface area contributed by atoms with Crippen molar-refractivity contribution < 1.29 is 78.9 Å². The van der Waals surface area contributed by atoms with Gasteiger partial charge < -0.3 is 69.3 Å². The molecule has 0 radical (unpaired) electrons. The van der Waals surface area contributed by atoms with Gasteiger partial charge in [0.05, 0.1) is 31.7 Å². The van der Waals surface area contributed by atoms with Gasteiger partial charge in [0.2, 0.25) is 6.29 Å². The maximum atomic E-state index is 13.0. The Labute approximate surface area is 263 Å². The summed E-state index contributed by atoms with van der Waals surface area (Å²) in [6, 6.07) is 6.44. The fraction of sp³-hybridized carbons (Fsp3) is 0.667. The van der Waals surface area contributed by atoms with Crippen LogP contribution in [0.15, 0.2) is 36.1 Å². The molecule has 0 unspecified atom stereocenters. The molecular weight excluding hydrogens is 616 g/mol. The van der Waals surface area contributed by atoms with Gasteiger partial charge in [0, 0.05) is 30.6 Å². The van der Waals surface area contributed by atoms with Crippen LogP contribution in [0.4, 0.5) is 0 Å². The highest BCUT2D eigenvalue weighted by Crippen LogP contribution is 2.46. The minimum Gasteiger partial charge on any atom is -0.508 e. The standard InChI is InChI=1S/C30H40O16/c1-12-17(33)8-15-16(27(40)41-7-6-13-2-4-14(32)5-3-13)10-42-28(20(12)15)46-30-26(39)24(37)22(35)19(45-30)11-43-29-25(38)23(36)21(34)18(9-31)44-29/h2-5,10,12,15,18-26,28-32,34-39H,6-9,11H2,1H3/t12-,15+,18+,19+,20+,21-,22+,23-,24-,25+,26+,28-,29-,30-/m0/s1. The van der Waals surface area contributed by atoms with Crippen LogP contribution >= 0.6 is 0 Å². The smallest absolute Gasteiger partial charge is 0.337 e. The summed E-state index contributed by atoms with van der Waals surface area (Å²) in [5.74, 6) is -2.66. The third-order valence-corrected chi connectivity index (χ3v) is 9.02. The largest absolute Gasteiger partial charge is 0.508 e. The number of phenolic OH excluding ortho intramolecular Hbond substituents is 1. The number of carbonyl (C=O) groups excluding carboxylic acids is 2. The molecular formula is C30H40O16. The Kier molecular flexibility index (Phi) is 11.0. The number of aromatic hydroxyl groups is 1. The number of Topliss-reactive ketones (excluding diaryl/α,β-unsaturated/α-hetero) is 1. The number of aliphatic hydroxyl groups is 7. The van der Waals surface area contributed by atoms with Gasteiger partial charge in [-0.3, -0.25) is 4.79 Å². The Bertz CT molecular complexity index is 1240. The molecule has 4 aliphatic rings. The second-order valence-electron chi connectivity index (χ2n) is 12.0. The second kappa shape index (κ2) is 14.6. The average Bonchev–Trinajstić information content (AvgIpc) is 3.35. The van der Waals surface area contributed by atoms with E-state index >= 15 is 0 Å².